The molecule has 0 aromatic carbocycles. The van der Waals surface area contributed by atoms with Gasteiger partial charge in [-0.05, 0) is 33.6 Å². The molecule has 2 fully saturated rings. The number of rotatable bonds is 4. The van der Waals surface area contributed by atoms with Crippen molar-refractivity contribution < 1.29 is 23.4 Å². The van der Waals surface area contributed by atoms with Crippen LogP contribution in [0, 0.1) is 10.8 Å². The molecule has 1 aliphatic carbocycles. The standard InChI is InChI=1S/C15H25F2NO3/c1-4-21-11-9-10(19)15(11)5-7-18(8-6-15)13(20)14(2,3)12(16)17/h10-12,19H,4-9H2,1-3H3. The molecule has 0 aromatic rings. The quantitative estimate of drug-likeness (QED) is 0.865. The zero-order chi connectivity index (χ0) is 15.8. The molecule has 2 aliphatic rings. The molecule has 1 N–H and O–H groups in total. The summed E-state index contributed by atoms with van der Waals surface area (Å²) in [5, 5.41) is 10.1. The van der Waals surface area contributed by atoms with Crippen LogP contribution in [0.1, 0.15) is 40.0 Å². The van der Waals surface area contributed by atoms with E-state index in [0.29, 0.717) is 39.0 Å². The second kappa shape index (κ2) is 5.80. The second-order valence-electron chi connectivity index (χ2n) is 6.74. The van der Waals surface area contributed by atoms with Gasteiger partial charge < -0.3 is 14.7 Å². The largest absolute Gasteiger partial charge is 0.392 e. The Bertz CT molecular complexity index is 390. The first-order valence-electron chi connectivity index (χ1n) is 7.63. The Morgan fingerprint density at radius 2 is 2.00 bits per heavy atom. The molecule has 6 heteroatoms. The molecule has 1 amide bonds. The van der Waals surface area contributed by atoms with Gasteiger partial charge in [0.2, 0.25) is 5.91 Å². The Morgan fingerprint density at radius 1 is 1.43 bits per heavy atom. The van der Waals surface area contributed by atoms with E-state index in [1.54, 1.807) is 0 Å². The van der Waals surface area contributed by atoms with Crippen LogP contribution >= 0.6 is 0 Å². The predicted molar refractivity (Wildman–Crippen MR) is 74.1 cm³/mol. The van der Waals surface area contributed by atoms with Gasteiger partial charge in [-0.2, -0.15) is 0 Å². The van der Waals surface area contributed by atoms with Crippen molar-refractivity contribution in [3.8, 4) is 0 Å². The van der Waals surface area contributed by atoms with Gasteiger partial charge in [-0.25, -0.2) is 8.78 Å². The summed E-state index contributed by atoms with van der Waals surface area (Å²) < 4.78 is 31.6. The summed E-state index contributed by atoms with van der Waals surface area (Å²) in [6, 6.07) is 0. The maximum Gasteiger partial charge on any atom is 0.252 e. The molecule has 1 heterocycles. The molecule has 1 saturated heterocycles. The van der Waals surface area contributed by atoms with Gasteiger partial charge in [0.25, 0.3) is 6.43 Å². The summed E-state index contributed by atoms with van der Waals surface area (Å²) in [4.78, 5) is 13.7. The molecular weight excluding hydrogens is 280 g/mol. The number of ether oxygens (including phenoxy) is 1. The molecule has 1 aliphatic heterocycles. The molecule has 0 radical (unpaired) electrons. The molecule has 1 spiro atoms. The number of carbonyl (C=O) groups excluding carboxylic acids is 1. The Hall–Kier alpha value is -0.750. The van der Waals surface area contributed by atoms with Gasteiger partial charge in [-0.15, -0.1) is 0 Å². The van der Waals surface area contributed by atoms with Gasteiger partial charge in [-0.3, -0.25) is 4.79 Å². The maximum absolute atomic E-state index is 13.0. The number of amides is 1. The minimum atomic E-state index is -2.67. The molecule has 2 unspecified atom stereocenters. The average molecular weight is 305 g/mol. The van der Waals surface area contributed by atoms with Gasteiger partial charge in [0.15, 0.2) is 0 Å². The highest BCUT2D eigenvalue weighted by Crippen LogP contribution is 2.51. The number of likely N-dealkylation sites (tertiary alicyclic amines) is 1. The molecular formula is C15H25F2NO3. The average Bonchev–Trinajstić information content (AvgIpc) is 2.46. The van der Waals surface area contributed by atoms with Crippen molar-refractivity contribution >= 4 is 5.91 Å². The van der Waals surface area contributed by atoms with E-state index in [1.807, 2.05) is 6.92 Å². The van der Waals surface area contributed by atoms with E-state index in [0.717, 1.165) is 0 Å². The van der Waals surface area contributed by atoms with E-state index < -0.39 is 23.9 Å². The number of hydrogen-bond donors (Lipinski definition) is 1. The third-order valence-electron chi connectivity index (χ3n) is 5.19. The monoisotopic (exact) mass is 305 g/mol. The Labute approximate surface area is 124 Å². The first kappa shape index (κ1) is 16.6. The summed E-state index contributed by atoms with van der Waals surface area (Å²) >= 11 is 0. The first-order chi connectivity index (χ1) is 9.75. The second-order valence-corrected chi connectivity index (χ2v) is 6.74. The van der Waals surface area contributed by atoms with Crippen molar-refractivity contribution in [1.82, 2.24) is 4.90 Å². The number of nitrogens with zero attached hydrogens (tertiary/aromatic N) is 1. The highest BCUT2D eigenvalue weighted by molar-refractivity contribution is 5.82. The number of aliphatic hydroxyl groups excluding tert-OH is 1. The molecule has 0 bridgehead atoms. The lowest BCUT2D eigenvalue weighted by Crippen LogP contribution is -2.63. The summed E-state index contributed by atoms with van der Waals surface area (Å²) in [7, 11) is 0. The van der Waals surface area contributed by atoms with Crippen molar-refractivity contribution in [2.24, 2.45) is 10.8 Å². The molecule has 122 valence electrons. The number of halogens is 2. The zero-order valence-corrected chi connectivity index (χ0v) is 12.9. The zero-order valence-electron chi connectivity index (χ0n) is 12.9. The lowest BCUT2D eigenvalue weighted by molar-refractivity contribution is -0.211. The molecule has 21 heavy (non-hydrogen) atoms. The van der Waals surface area contributed by atoms with Crippen LogP contribution < -0.4 is 0 Å². The van der Waals surface area contributed by atoms with Crippen LogP contribution in [0.3, 0.4) is 0 Å². The van der Waals surface area contributed by atoms with Crippen LogP contribution in [0.2, 0.25) is 0 Å². The van der Waals surface area contributed by atoms with Crippen molar-refractivity contribution in [3.05, 3.63) is 0 Å². The molecule has 0 aromatic heterocycles. The van der Waals surface area contributed by atoms with Gasteiger partial charge in [0.1, 0.15) is 5.41 Å². The highest BCUT2D eigenvalue weighted by Gasteiger charge is 2.57. The molecule has 4 nitrogen and oxygen atoms in total. The third kappa shape index (κ3) is 2.68. The Balaban J connectivity index is 1.99. The number of piperidine rings is 1. The van der Waals surface area contributed by atoms with E-state index in [-0.39, 0.29) is 11.5 Å². The number of aliphatic hydroxyl groups is 1. The van der Waals surface area contributed by atoms with Crippen LogP contribution in [-0.2, 0) is 9.53 Å². The first-order valence-corrected chi connectivity index (χ1v) is 7.63. The number of hydrogen-bond acceptors (Lipinski definition) is 3. The topological polar surface area (TPSA) is 49.8 Å². The number of carbonyl (C=O) groups is 1. The van der Waals surface area contributed by atoms with E-state index >= 15 is 0 Å². The lowest BCUT2D eigenvalue weighted by atomic mass is 9.58. The van der Waals surface area contributed by atoms with E-state index in [4.69, 9.17) is 4.74 Å². The SMILES string of the molecule is CCOC1CC(O)C12CCN(C(=O)C(C)(C)C(F)F)CC2. The van der Waals surface area contributed by atoms with Gasteiger partial charge in [-0.1, -0.05) is 0 Å². The lowest BCUT2D eigenvalue weighted by Gasteiger charge is -2.57. The normalized spacial score (nSPS) is 28.8. The predicted octanol–water partition coefficient (Wildman–Crippen LogP) is 2.06. The minimum Gasteiger partial charge on any atom is -0.392 e. The van der Waals surface area contributed by atoms with E-state index in [9.17, 15) is 18.7 Å². The summed E-state index contributed by atoms with van der Waals surface area (Å²) in [5.74, 6) is -0.505. The Morgan fingerprint density at radius 3 is 2.43 bits per heavy atom. The third-order valence-corrected chi connectivity index (χ3v) is 5.19. The van der Waals surface area contributed by atoms with Crippen LogP contribution in [0.5, 0.6) is 0 Å². The Kier molecular flexibility index (Phi) is 4.59. The van der Waals surface area contributed by atoms with E-state index in [1.165, 1.54) is 18.7 Å². The van der Waals surface area contributed by atoms with Crippen molar-refractivity contribution in [2.45, 2.75) is 58.7 Å². The van der Waals surface area contributed by atoms with Crippen LogP contribution in [0.15, 0.2) is 0 Å². The van der Waals surface area contributed by atoms with Crippen LogP contribution in [0.25, 0.3) is 0 Å². The van der Waals surface area contributed by atoms with Gasteiger partial charge in [0, 0.05) is 31.5 Å². The summed E-state index contributed by atoms with van der Waals surface area (Å²) in [6.07, 6.45) is -1.20. The van der Waals surface area contributed by atoms with E-state index in [2.05, 4.69) is 0 Å². The van der Waals surface area contributed by atoms with Gasteiger partial charge >= 0.3 is 0 Å². The van der Waals surface area contributed by atoms with Crippen LogP contribution in [-0.4, -0.2) is 54.2 Å². The van der Waals surface area contributed by atoms with Crippen molar-refractivity contribution in [2.75, 3.05) is 19.7 Å². The fourth-order valence-corrected chi connectivity index (χ4v) is 3.44. The van der Waals surface area contributed by atoms with Gasteiger partial charge in [0.05, 0.1) is 12.2 Å². The molecule has 2 atom stereocenters. The highest BCUT2D eigenvalue weighted by atomic mass is 19.3. The minimum absolute atomic E-state index is 0.0258. The van der Waals surface area contributed by atoms with Crippen molar-refractivity contribution in [3.63, 3.8) is 0 Å². The molecule has 1 saturated carbocycles. The summed E-state index contributed by atoms with van der Waals surface area (Å²) in [6.45, 7) is 5.91. The number of alkyl halides is 2. The fraction of sp³-hybridized carbons (Fsp3) is 0.933. The van der Waals surface area contributed by atoms with Crippen LogP contribution in [0.4, 0.5) is 8.78 Å². The fourth-order valence-electron chi connectivity index (χ4n) is 3.44. The smallest absolute Gasteiger partial charge is 0.252 e. The summed E-state index contributed by atoms with van der Waals surface area (Å²) in [5.41, 5.74) is -1.94. The maximum atomic E-state index is 13.0. The van der Waals surface area contributed by atoms with Crippen molar-refractivity contribution in [1.29, 1.82) is 0 Å². The molecule has 2 rings (SSSR count).